The number of carbonyl (C=O) groups excluding carboxylic acids is 1. The Morgan fingerprint density at radius 3 is 2.34 bits per heavy atom. The Kier molecular flexibility index (Phi) is 8.73. The van der Waals surface area contributed by atoms with E-state index in [9.17, 15) is 4.79 Å². The maximum Gasteiger partial charge on any atom is 0.251 e. The third-order valence-corrected chi connectivity index (χ3v) is 6.43. The van der Waals surface area contributed by atoms with Crippen molar-refractivity contribution in [1.82, 2.24) is 14.9 Å². The van der Waals surface area contributed by atoms with E-state index in [-0.39, 0.29) is 5.91 Å². The van der Waals surface area contributed by atoms with Crippen molar-refractivity contribution in [3.63, 3.8) is 0 Å². The van der Waals surface area contributed by atoms with E-state index < -0.39 is 0 Å². The van der Waals surface area contributed by atoms with Gasteiger partial charge in [0, 0.05) is 18.5 Å². The first-order valence-electron chi connectivity index (χ1n) is 12.7. The number of para-hydroxylation sites is 2. The van der Waals surface area contributed by atoms with Crippen molar-refractivity contribution in [2.45, 2.75) is 33.2 Å². The lowest BCUT2D eigenvalue weighted by molar-refractivity contribution is 0.0952. The summed E-state index contributed by atoms with van der Waals surface area (Å²) in [7, 11) is 4.58. The van der Waals surface area contributed by atoms with Crippen LogP contribution < -0.4 is 24.3 Å². The van der Waals surface area contributed by atoms with Crippen molar-refractivity contribution >= 4 is 16.9 Å². The summed E-state index contributed by atoms with van der Waals surface area (Å²) in [6.07, 6.45) is 1.45. The topological polar surface area (TPSA) is 83.8 Å². The fourth-order valence-corrected chi connectivity index (χ4v) is 4.54. The first-order chi connectivity index (χ1) is 18.4. The van der Waals surface area contributed by atoms with Gasteiger partial charge in [0.25, 0.3) is 5.91 Å². The van der Waals surface area contributed by atoms with Crippen molar-refractivity contribution in [2.75, 3.05) is 34.5 Å². The van der Waals surface area contributed by atoms with Crippen LogP contribution in [0.3, 0.4) is 0 Å². The molecule has 1 heterocycles. The highest BCUT2D eigenvalue weighted by molar-refractivity contribution is 5.95. The Balaban J connectivity index is 1.39. The number of nitrogens with one attached hydrogen (secondary N) is 1. The number of rotatable bonds is 12. The Morgan fingerprint density at radius 2 is 1.66 bits per heavy atom. The number of ether oxygens (including phenoxy) is 4. The number of carbonyl (C=O) groups is 1. The quantitative estimate of drug-likeness (QED) is 0.263. The maximum atomic E-state index is 12.8. The van der Waals surface area contributed by atoms with Gasteiger partial charge in [0.2, 0.25) is 5.75 Å². The molecule has 0 spiro atoms. The zero-order chi connectivity index (χ0) is 27.1. The molecule has 1 aromatic heterocycles. The lowest BCUT2D eigenvalue weighted by Crippen LogP contribution is -2.25. The average Bonchev–Trinajstić information content (AvgIpc) is 3.28. The summed E-state index contributed by atoms with van der Waals surface area (Å²) in [6.45, 7) is 5.86. The molecule has 200 valence electrons. The SMILES string of the molecule is COc1cc(C(=O)NCCCc2nc3ccccc3n2CCOc2ccc(C)cc2C)cc(OC)c1OC. The fraction of sp³-hybridized carbons (Fsp3) is 0.333. The molecule has 0 saturated carbocycles. The van der Waals surface area contributed by atoms with Crippen LogP contribution in [0.2, 0.25) is 0 Å². The van der Waals surface area contributed by atoms with Crippen LogP contribution in [0.25, 0.3) is 11.0 Å². The second kappa shape index (κ2) is 12.4. The molecule has 1 N–H and O–H groups in total. The molecule has 1 amide bonds. The van der Waals surface area contributed by atoms with Crippen LogP contribution in [-0.2, 0) is 13.0 Å². The molecule has 8 nitrogen and oxygen atoms in total. The molecule has 0 fully saturated rings. The van der Waals surface area contributed by atoms with Gasteiger partial charge in [0.15, 0.2) is 11.5 Å². The molecular formula is C30H35N3O5. The molecule has 0 unspecified atom stereocenters. The molecule has 3 aromatic carbocycles. The summed E-state index contributed by atoms with van der Waals surface area (Å²) in [5, 5.41) is 2.99. The largest absolute Gasteiger partial charge is 0.493 e. The number of amides is 1. The molecule has 0 atom stereocenters. The van der Waals surface area contributed by atoms with Crippen LogP contribution in [0.5, 0.6) is 23.0 Å². The minimum absolute atomic E-state index is 0.209. The molecule has 8 heteroatoms. The van der Waals surface area contributed by atoms with Crippen LogP contribution in [0.4, 0.5) is 0 Å². The predicted molar refractivity (Wildman–Crippen MR) is 148 cm³/mol. The number of imidazole rings is 1. The minimum atomic E-state index is -0.209. The molecule has 0 aliphatic carbocycles. The van der Waals surface area contributed by atoms with Crippen LogP contribution in [0.15, 0.2) is 54.6 Å². The number of methoxy groups -OCH3 is 3. The summed E-state index contributed by atoms with van der Waals surface area (Å²) in [6, 6.07) is 17.6. The Bertz CT molecular complexity index is 1390. The molecule has 0 bridgehead atoms. The summed E-state index contributed by atoms with van der Waals surface area (Å²) in [5.74, 6) is 2.99. The van der Waals surface area contributed by atoms with E-state index >= 15 is 0 Å². The number of benzene rings is 3. The second-order valence-corrected chi connectivity index (χ2v) is 9.06. The van der Waals surface area contributed by atoms with Gasteiger partial charge in [0.05, 0.1) is 38.9 Å². The zero-order valence-corrected chi connectivity index (χ0v) is 22.7. The van der Waals surface area contributed by atoms with Gasteiger partial charge >= 0.3 is 0 Å². The molecule has 0 aliphatic heterocycles. The molecule has 4 aromatic rings. The third kappa shape index (κ3) is 6.02. The van der Waals surface area contributed by atoms with E-state index in [0.717, 1.165) is 34.6 Å². The van der Waals surface area contributed by atoms with Gasteiger partial charge in [-0.25, -0.2) is 4.98 Å². The Labute approximate surface area is 223 Å². The molecule has 38 heavy (non-hydrogen) atoms. The van der Waals surface area contributed by atoms with Gasteiger partial charge in [-0.05, 0) is 56.2 Å². The van der Waals surface area contributed by atoms with Crippen molar-refractivity contribution < 1.29 is 23.7 Å². The normalized spacial score (nSPS) is 10.9. The standard InChI is InChI=1S/C30H35N3O5/c1-20-12-13-25(21(2)17-20)38-16-15-33-24-10-7-6-9-23(24)32-28(33)11-8-14-31-30(34)22-18-26(35-3)29(37-5)27(19-22)36-4/h6-7,9-10,12-13,17-19H,8,11,14-16H2,1-5H3,(H,31,34). The molecule has 0 radical (unpaired) electrons. The smallest absolute Gasteiger partial charge is 0.251 e. The van der Waals surface area contributed by atoms with Crippen molar-refractivity contribution in [3.05, 3.63) is 77.1 Å². The zero-order valence-electron chi connectivity index (χ0n) is 22.7. The summed E-state index contributed by atoms with van der Waals surface area (Å²) >= 11 is 0. The Morgan fingerprint density at radius 1 is 0.921 bits per heavy atom. The molecule has 0 saturated heterocycles. The number of fused-ring (bicyclic) bond motifs is 1. The van der Waals surface area contributed by atoms with E-state index in [0.29, 0.717) is 48.9 Å². The van der Waals surface area contributed by atoms with Gasteiger partial charge in [-0.2, -0.15) is 0 Å². The van der Waals surface area contributed by atoms with Gasteiger partial charge in [0.1, 0.15) is 18.2 Å². The molecule has 0 aliphatic rings. The first kappa shape index (κ1) is 26.9. The number of aromatic nitrogens is 2. The van der Waals surface area contributed by atoms with Gasteiger partial charge in [-0.3, -0.25) is 4.79 Å². The van der Waals surface area contributed by atoms with Crippen molar-refractivity contribution in [1.29, 1.82) is 0 Å². The summed E-state index contributed by atoms with van der Waals surface area (Å²) in [4.78, 5) is 17.7. The van der Waals surface area contributed by atoms with Gasteiger partial charge in [-0.15, -0.1) is 0 Å². The minimum Gasteiger partial charge on any atom is -0.493 e. The summed E-state index contributed by atoms with van der Waals surface area (Å²) in [5.41, 5.74) is 4.82. The van der Waals surface area contributed by atoms with Gasteiger partial charge in [-0.1, -0.05) is 29.8 Å². The highest BCUT2D eigenvalue weighted by Crippen LogP contribution is 2.38. The highest BCUT2D eigenvalue weighted by atomic mass is 16.5. The van der Waals surface area contributed by atoms with Crippen LogP contribution in [-0.4, -0.2) is 49.9 Å². The van der Waals surface area contributed by atoms with E-state index in [2.05, 4.69) is 41.9 Å². The number of nitrogens with zero attached hydrogens (tertiary/aromatic N) is 2. The van der Waals surface area contributed by atoms with Crippen LogP contribution in [0.1, 0.15) is 33.7 Å². The number of hydrogen-bond acceptors (Lipinski definition) is 6. The monoisotopic (exact) mass is 517 g/mol. The first-order valence-corrected chi connectivity index (χ1v) is 12.7. The number of hydrogen-bond donors (Lipinski definition) is 1. The highest BCUT2D eigenvalue weighted by Gasteiger charge is 2.17. The van der Waals surface area contributed by atoms with Gasteiger partial charge < -0.3 is 28.8 Å². The molecule has 4 rings (SSSR count). The van der Waals surface area contributed by atoms with E-state index in [1.165, 1.54) is 26.9 Å². The van der Waals surface area contributed by atoms with Crippen LogP contribution >= 0.6 is 0 Å². The van der Waals surface area contributed by atoms with E-state index in [4.69, 9.17) is 23.9 Å². The molecular weight excluding hydrogens is 482 g/mol. The lowest BCUT2D eigenvalue weighted by atomic mass is 10.1. The second-order valence-electron chi connectivity index (χ2n) is 9.06. The predicted octanol–water partition coefficient (Wildman–Crippen LogP) is 5.12. The van der Waals surface area contributed by atoms with Crippen molar-refractivity contribution in [2.24, 2.45) is 0 Å². The fourth-order valence-electron chi connectivity index (χ4n) is 4.54. The van der Waals surface area contributed by atoms with Crippen molar-refractivity contribution in [3.8, 4) is 23.0 Å². The Hall–Kier alpha value is -4.20. The number of aryl methyl sites for hydroxylation is 3. The maximum absolute atomic E-state index is 12.8. The van der Waals surface area contributed by atoms with Crippen LogP contribution in [0, 0.1) is 13.8 Å². The third-order valence-electron chi connectivity index (χ3n) is 6.43. The van der Waals surface area contributed by atoms with E-state index in [1.807, 2.05) is 24.3 Å². The average molecular weight is 518 g/mol. The van der Waals surface area contributed by atoms with E-state index in [1.54, 1.807) is 12.1 Å². The summed E-state index contributed by atoms with van der Waals surface area (Å²) < 4.78 is 24.4. The lowest BCUT2D eigenvalue weighted by Gasteiger charge is -2.14.